The standard InChI is InChI=1S/C52H31NO2S/c1-2-13-34-31-48-42(30-33(34)12-1)51-39(18-11-24-47(51)55-48)37-14-3-6-20-43(37)53(44-21-9-19-40-38-15-5-8-25-49(38)56-52(40)44)35-28-26-32(27-29-35)36-17-10-23-46-50(36)41-16-4-7-22-45(41)54-46/h1-31H. The molecular weight excluding hydrogens is 703 g/mol. The molecule has 3 aromatic heterocycles. The Bertz CT molecular complexity index is 3500. The largest absolute Gasteiger partial charge is 0.456 e. The Morgan fingerprint density at radius 3 is 1.82 bits per heavy atom. The summed E-state index contributed by atoms with van der Waals surface area (Å²) < 4.78 is 15.4. The van der Waals surface area contributed by atoms with E-state index in [4.69, 9.17) is 8.83 Å². The summed E-state index contributed by atoms with van der Waals surface area (Å²) in [4.78, 5) is 2.45. The summed E-state index contributed by atoms with van der Waals surface area (Å²) in [6, 6.07) is 67.3. The van der Waals surface area contributed by atoms with Crippen molar-refractivity contribution in [2.24, 2.45) is 0 Å². The van der Waals surface area contributed by atoms with Gasteiger partial charge in [-0.25, -0.2) is 0 Å². The molecule has 0 saturated carbocycles. The SMILES string of the molecule is c1ccc(N(c2ccc(-c3cccc4oc5ccccc5c34)cc2)c2cccc3c2sc2ccccc23)c(-c2cccc3oc4cc5ccccc5cc4c23)c1. The predicted octanol–water partition coefficient (Wildman–Crippen LogP) is 15.8. The molecule has 3 heterocycles. The zero-order chi connectivity index (χ0) is 36.7. The molecule has 0 spiro atoms. The number of rotatable bonds is 5. The fourth-order valence-electron chi connectivity index (χ4n) is 8.75. The van der Waals surface area contributed by atoms with Crippen LogP contribution in [0.2, 0.25) is 0 Å². The third-order valence-corrected chi connectivity index (χ3v) is 12.5. The number of benzene rings is 9. The Morgan fingerprint density at radius 2 is 0.964 bits per heavy atom. The van der Waals surface area contributed by atoms with Gasteiger partial charge in [-0.1, -0.05) is 127 Å². The summed E-state index contributed by atoms with van der Waals surface area (Å²) in [6.07, 6.45) is 0. The number of hydrogen-bond acceptors (Lipinski definition) is 4. The first-order chi connectivity index (χ1) is 27.8. The van der Waals surface area contributed by atoms with Crippen molar-refractivity contribution in [1.29, 1.82) is 0 Å². The van der Waals surface area contributed by atoms with Gasteiger partial charge in [0.05, 0.1) is 16.1 Å². The summed E-state index contributed by atoms with van der Waals surface area (Å²) in [7, 11) is 0. The van der Waals surface area contributed by atoms with Crippen molar-refractivity contribution in [3.05, 3.63) is 188 Å². The monoisotopic (exact) mass is 733 g/mol. The number of furan rings is 2. The van der Waals surface area contributed by atoms with Gasteiger partial charge in [-0.05, 0) is 88.1 Å². The summed E-state index contributed by atoms with van der Waals surface area (Å²) in [5.74, 6) is 0. The minimum Gasteiger partial charge on any atom is -0.456 e. The number of anilines is 3. The highest BCUT2D eigenvalue weighted by atomic mass is 32.1. The van der Waals surface area contributed by atoms with Crippen molar-refractivity contribution in [2.45, 2.75) is 0 Å². The average molecular weight is 734 g/mol. The number of thiophene rings is 1. The molecule has 0 aliphatic rings. The van der Waals surface area contributed by atoms with E-state index in [2.05, 4.69) is 181 Å². The Hall–Kier alpha value is -7.14. The lowest BCUT2D eigenvalue weighted by atomic mass is 9.95. The van der Waals surface area contributed by atoms with Gasteiger partial charge in [0.25, 0.3) is 0 Å². The summed E-state index contributed by atoms with van der Waals surface area (Å²) >= 11 is 1.85. The van der Waals surface area contributed by atoms with Gasteiger partial charge >= 0.3 is 0 Å². The second-order valence-corrected chi connectivity index (χ2v) is 15.5. The highest BCUT2D eigenvalue weighted by Gasteiger charge is 2.23. The van der Waals surface area contributed by atoms with Crippen LogP contribution in [-0.4, -0.2) is 0 Å². The van der Waals surface area contributed by atoms with Crippen molar-refractivity contribution in [2.75, 3.05) is 4.90 Å². The van der Waals surface area contributed by atoms with Crippen LogP contribution in [0.25, 0.3) is 97.1 Å². The Labute approximate surface area is 325 Å². The molecule has 3 nitrogen and oxygen atoms in total. The lowest BCUT2D eigenvalue weighted by Crippen LogP contribution is -2.11. The molecule has 0 radical (unpaired) electrons. The van der Waals surface area contributed by atoms with E-state index in [1.807, 2.05) is 23.5 Å². The van der Waals surface area contributed by atoms with Crippen molar-refractivity contribution in [3.8, 4) is 22.3 Å². The fourth-order valence-corrected chi connectivity index (χ4v) is 9.96. The van der Waals surface area contributed by atoms with Crippen LogP contribution in [0, 0.1) is 0 Å². The van der Waals surface area contributed by atoms with E-state index in [0.717, 1.165) is 83.2 Å². The van der Waals surface area contributed by atoms with Crippen molar-refractivity contribution < 1.29 is 8.83 Å². The van der Waals surface area contributed by atoms with Crippen LogP contribution in [0.1, 0.15) is 0 Å². The molecule has 4 heteroatoms. The minimum atomic E-state index is 0.881. The van der Waals surface area contributed by atoms with Gasteiger partial charge in [0.15, 0.2) is 0 Å². The Morgan fingerprint density at radius 1 is 0.375 bits per heavy atom. The second-order valence-electron chi connectivity index (χ2n) is 14.4. The van der Waals surface area contributed by atoms with E-state index < -0.39 is 0 Å². The number of hydrogen-bond donors (Lipinski definition) is 0. The van der Waals surface area contributed by atoms with Crippen LogP contribution in [0.15, 0.2) is 197 Å². The second kappa shape index (κ2) is 12.2. The minimum absolute atomic E-state index is 0.881. The first-order valence-electron chi connectivity index (χ1n) is 18.9. The molecule has 12 rings (SSSR count). The van der Waals surface area contributed by atoms with E-state index in [1.165, 1.54) is 30.9 Å². The molecule has 0 atom stereocenters. The fraction of sp³-hybridized carbons (Fsp3) is 0. The molecule has 0 saturated heterocycles. The molecule has 56 heavy (non-hydrogen) atoms. The Kier molecular flexibility index (Phi) is 6.80. The maximum absolute atomic E-state index is 6.57. The maximum atomic E-state index is 6.57. The predicted molar refractivity (Wildman–Crippen MR) is 237 cm³/mol. The molecule has 0 fully saturated rings. The summed E-state index contributed by atoms with van der Waals surface area (Å²) in [6.45, 7) is 0. The first kappa shape index (κ1) is 31.2. The van der Waals surface area contributed by atoms with Crippen LogP contribution in [-0.2, 0) is 0 Å². The van der Waals surface area contributed by atoms with Crippen LogP contribution in [0.5, 0.6) is 0 Å². The lowest BCUT2D eigenvalue weighted by molar-refractivity contribution is 0.669. The Balaban J connectivity index is 1.10. The van der Waals surface area contributed by atoms with Crippen molar-refractivity contribution in [3.63, 3.8) is 0 Å². The highest BCUT2D eigenvalue weighted by Crippen LogP contribution is 2.49. The first-order valence-corrected chi connectivity index (χ1v) is 19.7. The van der Waals surface area contributed by atoms with E-state index in [0.29, 0.717) is 0 Å². The molecule has 0 aliphatic carbocycles. The number of para-hydroxylation sites is 2. The van der Waals surface area contributed by atoms with Gasteiger partial charge in [0.1, 0.15) is 22.3 Å². The van der Waals surface area contributed by atoms with Crippen molar-refractivity contribution >= 4 is 103 Å². The third kappa shape index (κ3) is 4.70. The average Bonchev–Trinajstić information content (AvgIpc) is 3.95. The molecule has 262 valence electrons. The van der Waals surface area contributed by atoms with Gasteiger partial charge < -0.3 is 13.7 Å². The van der Waals surface area contributed by atoms with Gasteiger partial charge in [-0.2, -0.15) is 0 Å². The smallest absolute Gasteiger partial charge is 0.136 e. The molecule has 0 aliphatic heterocycles. The van der Waals surface area contributed by atoms with E-state index >= 15 is 0 Å². The van der Waals surface area contributed by atoms with Gasteiger partial charge in [0, 0.05) is 48.3 Å². The quantitative estimate of drug-likeness (QED) is 0.176. The van der Waals surface area contributed by atoms with Crippen LogP contribution in [0.3, 0.4) is 0 Å². The van der Waals surface area contributed by atoms with Crippen LogP contribution in [0.4, 0.5) is 17.1 Å². The van der Waals surface area contributed by atoms with Crippen molar-refractivity contribution in [1.82, 2.24) is 0 Å². The molecule has 9 aromatic carbocycles. The number of fused-ring (bicyclic) bond motifs is 10. The zero-order valence-corrected chi connectivity index (χ0v) is 30.9. The molecule has 0 amide bonds. The maximum Gasteiger partial charge on any atom is 0.136 e. The summed E-state index contributed by atoms with van der Waals surface area (Å²) in [5, 5.41) is 9.41. The van der Waals surface area contributed by atoms with Crippen LogP contribution >= 0.6 is 11.3 Å². The van der Waals surface area contributed by atoms with Crippen LogP contribution < -0.4 is 4.90 Å². The third-order valence-electron chi connectivity index (χ3n) is 11.3. The molecule has 0 bridgehead atoms. The lowest BCUT2D eigenvalue weighted by Gasteiger charge is -2.28. The summed E-state index contributed by atoms with van der Waals surface area (Å²) in [5.41, 5.74) is 11.4. The molecule has 0 unspecified atom stereocenters. The molecular formula is C52H31NO2S. The molecule has 12 aromatic rings. The van der Waals surface area contributed by atoms with Gasteiger partial charge in [-0.15, -0.1) is 11.3 Å². The van der Waals surface area contributed by atoms with E-state index in [1.54, 1.807) is 0 Å². The van der Waals surface area contributed by atoms with Gasteiger partial charge in [0.2, 0.25) is 0 Å². The topological polar surface area (TPSA) is 29.5 Å². The normalized spacial score (nSPS) is 11.9. The van der Waals surface area contributed by atoms with Gasteiger partial charge in [-0.3, -0.25) is 0 Å². The number of nitrogens with zero attached hydrogens (tertiary/aromatic N) is 1. The zero-order valence-electron chi connectivity index (χ0n) is 30.1. The highest BCUT2D eigenvalue weighted by molar-refractivity contribution is 7.26. The molecule has 0 N–H and O–H groups in total. The van der Waals surface area contributed by atoms with E-state index in [9.17, 15) is 0 Å². The van der Waals surface area contributed by atoms with E-state index in [-0.39, 0.29) is 0 Å².